The first-order chi connectivity index (χ1) is 9.02. The number of unbranched alkanes of at least 4 members (excludes halogenated alkanes) is 1. The number of ether oxygens (including phenoxy) is 1. The number of carbonyl (C=O) groups excluding carboxylic acids is 1. The molecule has 1 rings (SSSR count). The van der Waals surface area contributed by atoms with Gasteiger partial charge in [0.2, 0.25) is 0 Å². The molecule has 0 heterocycles. The summed E-state index contributed by atoms with van der Waals surface area (Å²) in [5.41, 5.74) is 1.25. The summed E-state index contributed by atoms with van der Waals surface area (Å²) in [7, 11) is 1.64. The van der Waals surface area contributed by atoms with Crippen molar-refractivity contribution < 1.29 is 9.53 Å². The molecule has 108 valence electrons. The maximum Gasteiger partial charge on any atom is 0.173 e. The number of Topliss-reactive ketones (excluding diaryl/α,β-unsaturated/α-hetero) is 1. The number of hydrogen-bond donors (Lipinski definition) is 0. The summed E-state index contributed by atoms with van der Waals surface area (Å²) in [6.45, 7) is 8.35. The normalized spacial score (nSPS) is 19.0. The molecule has 0 bridgehead atoms. The van der Waals surface area contributed by atoms with Gasteiger partial charge in [0.1, 0.15) is 0 Å². The summed E-state index contributed by atoms with van der Waals surface area (Å²) >= 11 is 0. The maximum absolute atomic E-state index is 12.7. The SMILES string of the molecule is CCCCC(CC)CC(=O)C1(OC)C(C)=CC=C1C. The van der Waals surface area contributed by atoms with Gasteiger partial charge in [-0.1, -0.05) is 51.7 Å². The smallest absolute Gasteiger partial charge is 0.173 e. The van der Waals surface area contributed by atoms with Crippen molar-refractivity contribution in [2.75, 3.05) is 7.11 Å². The third kappa shape index (κ3) is 3.17. The monoisotopic (exact) mass is 264 g/mol. The quantitative estimate of drug-likeness (QED) is 0.647. The topological polar surface area (TPSA) is 26.3 Å². The van der Waals surface area contributed by atoms with Gasteiger partial charge in [-0.2, -0.15) is 0 Å². The molecule has 1 unspecified atom stereocenters. The Kier molecular flexibility index (Phi) is 5.99. The van der Waals surface area contributed by atoms with Crippen molar-refractivity contribution in [2.45, 2.75) is 65.4 Å². The van der Waals surface area contributed by atoms with Gasteiger partial charge in [-0.3, -0.25) is 4.79 Å². The molecule has 0 aromatic carbocycles. The molecule has 0 fully saturated rings. The van der Waals surface area contributed by atoms with Gasteiger partial charge in [-0.05, 0) is 30.9 Å². The Hall–Kier alpha value is -0.890. The summed E-state index contributed by atoms with van der Waals surface area (Å²) in [5.74, 6) is 0.707. The highest BCUT2D eigenvalue weighted by atomic mass is 16.5. The second kappa shape index (κ2) is 7.04. The van der Waals surface area contributed by atoms with E-state index in [1.54, 1.807) is 7.11 Å². The zero-order valence-corrected chi connectivity index (χ0v) is 13.1. The minimum Gasteiger partial charge on any atom is -0.362 e. The van der Waals surface area contributed by atoms with E-state index in [4.69, 9.17) is 4.74 Å². The predicted octanol–water partition coefficient (Wildman–Crippen LogP) is 4.45. The number of allylic oxidation sites excluding steroid dienone is 2. The van der Waals surface area contributed by atoms with Gasteiger partial charge in [0.25, 0.3) is 0 Å². The lowest BCUT2D eigenvalue weighted by Gasteiger charge is -2.31. The van der Waals surface area contributed by atoms with Gasteiger partial charge in [0, 0.05) is 13.5 Å². The van der Waals surface area contributed by atoms with Gasteiger partial charge < -0.3 is 4.74 Å². The van der Waals surface area contributed by atoms with Crippen LogP contribution >= 0.6 is 0 Å². The molecule has 0 spiro atoms. The van der Waals surface area contributed by atoms with Crippen LogP contribution in [0.2, 0.25) is 0 Å². The highest BCUT2D eigenvalue weighted by Crippen LogP contribution is 2.37. The molecule has 19 heavy (non-hydrogen) atoms. The minimum absolute atomic E-state index is 0.220. The molecule has 0 saturated heterocycles. The van der Waals surface area contributed by atoms with Crippen LogP contribution < -0.4 is 0 Å². The third-order valence-electron chi connectivity index (χ3n) is 4.41. The van der Waals surface area contributed by atoms with Crippen LogP contribution in [-0.4, -0.2) is 18.5 Å². The van der Waals surface area contributed by atoms with E-state index < -0.39 is 5.60 Å². The molecule has 1 aliphatic carbocycles. The van der Waals surface area contributed by atoms with E-state index >= 15 is 0 Å². The standard InChI is InChI=1S/C17H28O2/c1-6-8-9-15(7-2)12-16(18)17(19-5)13(3)10-11-14(17)4/h10-11,15H,6-9,12H2,1-5H3. The predicted molar refractivity (Wildman–Crippen MR) is 80.2 cm³/mol. The Morgan fingerprint density at radius 2 is 1.84 bits per heavy atom. The average molecular weight is 264 g/mol. The van der Waals surface area contributed by atoms with Gasteiger partial charge in [-0.15, -0.1) is 0 Å². The highest BCUT2D eigenvalue weighted by Gasteiger charge is 2.43. The number of ketones is 1. The van der Waals surface area contributed by atoms with E-state index in [9.17, 15) is 4.79 Å². The fourth-order valence-electron chi connectivity index (χ4n) is 3.02. The zero-order chi connectivity index (χ0) is 14.5. The van der Waals surface area contributed by atoms with Crippen molar-refractivity contribution in [3.05, 3.63) is 23.3 Å². The second-order valence-electron chi connectivity index (χ2n) is 5.63. The lowest BCUT2D eigenvalue weighted by molar-refractivity contribution is -0.134. The first kappa shape index (κ1) is 16.2. The van der Waals surface area contributed by atoms with Gasteiger partial charge in [0.05, 0.1) is 0 Å². The van der Waals surface area contributed by atoms with E-state index in [1.165, 1.54) is 12.8 Å². The molecule has 0 aliphatic heterocycles. The summed E-state index contributed by atoms with van der Waals surface area (Å²) in [6.07, 6.45) is 9.24. The lowest BCUT2D eigenvalue weighted by atomic mass is 9.81. The van der Waals surface area contributed by atoms with Crippen LogP contribution in [0.1, 0.15) is 59.8 Å². The number of rotatable bonds is 8. The molecule has 0 aromatic heterocycles. The van der Waals surface area contributed by atoms with Crippen molar-refractivity contribution in [3.8, 4) is 0 Å². The highest BCUT2D eigenvalue weighted by molar-refractivity contribution is 5.95. The van der Waals surface area contributed by atoms with Crippen molar-refractivity contribution in [2.24, 2.45) is 5.92 Å². The van der Waals surface area contributed by atoms with Gasteiger partial charge in [0.15, 0.2) is 11.4 Å². The lowest BCUT2D eigenvalue weighted by Crippen LogP contribution is -2.42. The van der Waals surface area contributed by atoms with Crippen LogP contribution in [0, 0.1) is 5.92 Å². The van der Waals surface area contributed by atoms with Gasteiger partial charge in [-0.25, -0.2) is 0 Å². The van der Waals surface area contributed by atoms with Crippen LogP contribution in [0.3, 0.4) is 0 Å². The molecule has 0 saturated carbocycles. The summed E-state index contributed by atoms with van der Waals surface area (Å²) < 4.78 is 5.65. The zero-order valence-electron chi connectivity index (χ0n) is 13.1. The Morgan fingerprint density at radius 1 is 1.26 bits per heavy atom. The molecule has 0 aromatic rings. The molecular weight excluding hydrogens is 236 g/mol. The van der Waals surface area contributed by atoms with Crippen molar-refractivity contribution in [3.63, 3.8) is 0 Å². The van der Waals surface area contributed by atoms with Crippen LogP contribution in [0.25, 0.3) is 0 Å². The summed E-state index contributed by atoms with van der Waals surface area (Å²) in [4.78, 5) is 12.7. The first-order valence-electron chi connectivity index (χ1n) is 7.47. The molecule has 1 aliphatic rings. The van der Waals surface area contributed by atoms with E-state index in [1.807, 2.05) is 26.0 Å². The first-order valence-corrected chi connectivity index (χ1v) is 7.47. The fourth-order valence-corrected chi connectivity index (χ4v) is 3.02. The maximum atomic E-state index is 12.7. The number of methoxy groups -OCH3 is 1. The Morgan fingerprint density at radius 3 is 2.26 bits per heavy atom. The molecule has 1 atom stereocenters. The van der Waals surface area contributed by atoms with Crippen LogP contribution in [-0.2, 0) is 9.53 Å². The van der Waals surface area contributed by atoms with Crippen molar-refractivity contribution in [1.29, 1.82) is 0 Å². The molecule has 0 N–H and O–H groups in total. The summed E-state index contributed by atoms with van der Waals surface area (Å²) in [6, 6.07) is 0. The molecule has 2 nitrogen and oxygen atoms in total. The van der Waals surface area contributed by atoms with Crippen LogP contribution in [0.5, 0.6) is 0 Å². The Labute approximate surface area is 117 Å². The molecule has 0 radical (unpaired) electrons. The molecular formula is C17H28O2. The third-order valence-corrected chi connectivity index (χ3v) is 4.41. The molecule has 0 amide bonds. The van der Waals surface area contributed by atoms with Crippen LogP contribution in [0.4, 0.5) is 0 Å². The van der Waals surface area contributed by atoms with Crippen molar-refractivity contribution >= 4 is 5.78 Å². The van der Waals surface area contributed by atoms with E-state index in [2.05, 4.69) is 13.8 Å². The Bertz CT molecular complexity index is 359. The number of hydrogen-bond acceptors (Lipinski definition) is 2. The van der Waals surface area contributed by atoms with Gasteiger partial charge >= 0.3 is 0 Å². The number of carbonyl (C=O) groups is 1. The van der Waals surface area contributed by atoms with Crippen LogP contribution in [0.15, 0.2) is 23.3 Å². The largest absolute Gasteiger partial charge is 0.362 e. The summed E-state index contributed by atoms with van der Waals surface area (Å²) in [5, 5.41) is 0. The average Bonchev–Trinajstić information content (AvgIpc) is 2.70. The Balaban J connectivity index is 2.80. The van der Waals surface area contributed by atoms with E-state index in [0.29, 0.717) is 12.3 Å². The second-order valence-corrected chi connectivity index (χ2v) is 5.63. The molecule has 2 heteroatoms. The van der Waals surface area contributed by atoms with Crippen molar-refractivity contribution in [1.82, 2.24) is 0 Å². The van der Waals surface area contributed by atoms with E-state index in [0.717, 1.165) is 24.0 Å². The fraction of sp³-hybridized carbons (Fsp3) is 0.706. The van der Waals surface area contributed by atoms with E-state index in [-0.39, 0.29) is 5.78 Å². The minimum atomic E-state index is -0.778.